The lowest BCUT2D eigenvalue weighted by molar-refractivity contribution is 1.16. The molecule has 0 bridgehead atoms. The molecule has 0 aliphatic heterocycles. The second-order valence-electron chi connectivity index (χ2n) is 3.84. The summed E-state index contributed by atoms with van der Waals surface area (Å²) in [7, 11) is 1.82. The van der Waals surface area contributed by atoms with Crippen LogP contribution in [0.2, 0.25) is 0 Å². The minimum absolute atomic E-state index is 0.108. The Bertz CT molecular complexity index is 592. The number of pyridine rings is 2. The zero-order valence-corrected chi connectivity index (χ0v) is 10.4. The van der Waals surface area contributed by atoms with Gasteiger partial charge in [-0.2, -0.15) is 0 Å². The summed E-state index contributed by atoms with van der Waals surface area (Å²) in [6, 6.07) is 5.69. The highest BCUT2D eigenvalue weighted by molar-refractivity contribution is 5.68. The van der Waals surface area contributed by atoms with Crippen LogP contribution in [0.3, 0.4) is 0 Å². The van der Waals surface area contributed by atoms with Crippen molar-refractivity contribution in [1.29, 1.82) is 0 Å². The molecule has 0 unspecified atom stereocenters. The molecular formula is C13H16N4O. The first-order valence-corrected chi connectivity index (χ1v) is 5.85. The molecule has 0 saturated carbocycles. The summed E-state index contributed by atoms with van der Waals surface area (Å²) in [4.78, 5) is 18.5. The van der Waals surface area contributed by atoms with Gasteiger partial charge in [-0.15, -0.1) is 0 Å². The van der Waals surface area contributed by atoms with Gasteiger partial charge in [-0.3, -0.25) is 4.79 Å². The molecule has 0 fully saturated rings. The van der Waals surface area contributed by atoms with Crippen molar-refractivity contribution < 1.29 is 0 Å². The number of aromatic amines is 1. The molecule has 2 aromatic rings. The molecule has 0 amide bonds. The van der Waals surface area contributed by atoms with Crippen LogP contribution in [0.5, 0.6) is 0 Å². The summed E-state index contributed by atoms with van der Waals surface area (Å²) in [5, 5.41) is 6.03. The summed E-state index contributed by atoms with van der Waals surface area (Å²) in [6.07, 6.45) is 3.44. The highest BCUT2D eigenvalue weighted by atomic mass is 16.1. The summed E-state index contributed by atoms with van der Waals surface area (Å²) in [6.45, 7) is 2.67. The van der Waals surface area contributed by atoms with Crippen LogP contribution in [-0.4, -0.2) is 23.6 Å². The van der Waals surface area contributed by atoms with Crippen molar-refractivity contribution in [2.45, 2.75) is 6.92 Å². The van der Waals surface area contributed by atoms with Gasteiger partial charge in [-0.1, -0.05) is 0 Å². The van der Waals surface area contributed by atoms with Crippen molar-refractivity contribution in [3.63, 3.8) is 0 Å². The number of hydrogen-bond acceptors (Lipinski definition) is 4. The summed E-state index contributed by atoms with van der Waals surface area (Å²) in [5.41, 5.74) is 2.43. The van der Waals surface area contributed by atoms with Gasteiger partial charge in [0.25, 0.3) is 5.56 Å². The number of nitrogens with one attached hydrogen (secondary N) is 3. The van der Waals surface area contributed by atoms with E-state index in [1.807, 2.05) is 32.2 Å². The molecule has 0 spiro atoms. The lowest BCUT2D eigenvalue weighted by Crippen LogP contribution is -2.13. The van der Waals surface area contributed by atoms with Crippen LogP contribution in [0.15, 0.2) is 35.4 Å². The fraction of sp³-hybridized carbons (Fsp3) is 0.231. The molecule has 94 valence electrons. The van der Waals surface area contributed by atoms with Gasteiger partial charge in [0, 0.05) is 31.5 Å². The van der Waals surface area contributed by atoms with Gasteiger partial charge in [0.05, 0.1) is 0 Å². The number of H-pyrrole nitrogens is 1. The Balaban J connectivity index is 2.43. The third-order valence-corrected chi connectivity index (χ3v) is 2.62. The van der Waals surface area contributed by atoms with Gasteiger partial charge >= 0.3 is 0 Å². The minimum atomic E-state index is -0.108. The Kier molecular flexibility index (Phi) is 3.62. The molecule has 0 aliphatic rings. The number of anilines is 2. The third-order valence-electron chi connectivity index (χ3n) is 2.62. The van der Waals surface area contributed by atoms with Crippen LogP contribution in [0.1, 0.15) is 6.92 Å². The first kappa shape index (κ1) is 12.2. The molecular weight excluding hydrogens is 228 g/mol. The number of rotatable bonds is 4. The lowest BCUT2D eigenvalue weighted by atomic mass is 10.1. The second-order valence-corrected chi connectivity index (χ2v) is 3.84. The highest BCUT2D eigenvalue weighted by Gasteiger charge is 2.03. The molecule has 5 nitrogen and oxygen atoms in total. The van der Waals surface area contributed by atoms with Crippen LogP contribution in [0, 0.1) is 0 Å². The molecule has 2 rings (SSSR count). The summed E-state index contributed by atoms with van der Waals surface area (Å²) >= 11 is 0. The molecule has 5 heteroatoms. The molecule has 0 saturated heterocycles. The Morgan fingerprint density at radius 3 is 2.89 bits per heavy atom. The van der Waals surface area contributed by atoms with Gasteiger partial charge < -0.3 is 15.6 Å². The van der Waals surface area contributed by atoms with Crippen molar-refractivity contribution in [3.05, 3.63) is 40.9 Å². The highest BCUT2D eigenvalue weighted by Crippen LogP contribution is 2.21. The Hall–Kier alpha value is -2.30. The maximum Gasteiger partial charge on any atom is 0.271 e. The van der Waals surface area contributed by atoms with Crippen molar-refractivity contribution in [2.75, 3.05) is 24.2 Å². The zero-order chi connectivity index (χ0) is 13.0. The average molecular weight is 244 g/mol. The summed E-state index contributed by atoms with van der Waals surface area (Å²) < 4.78 is 0. The number of hydrogen-bond donors (Lipinski definition) is 3. The van der Waals surface area contributed by atoms with E-state index in [4.69, 9.17) is 0 Å². The SMILES string of the molecule is CCNc1cc(-c2ccnc(NC)c2)c[nH]c1=O. The van der Waals surface area contributed by atoms with Crippen molar-refractivity contribution in [3.8, 4) is 11.1 Å². The largest absolute Gasteiger partial charge is 0.381 e. The van der Waals surface area contributed by atoms with E-state index in [2.05, 4.69) is 20.6 Å². The standard InChI is InChI=1S/C13H16N4O/c1-3-15-11-6-10(8-17-13(11)18)9-4-5-16-12(7-9)14-2/h4-8,15H,3H2,1-2H3,(H,14,16)(H,17,18). The third kappa shape index (κ3) is 2.51. The van der Waals surface area contributed by atoms with Gasteiger partial charge in [-0.25, -0.2) is 4.98 Å². The Morgan fingerprint density at radius 2 is 2.17 bits per heavy atom. The van der Waals surface area contributed by atoms with E-state index in [0.29, 0.717) is 12.2 Å². The molecule has 0 atom stereocenters. The van der Waals surface area contributed by atoms with Gasteiger partial charge in [-0.05, 0) is 30.7 Å². The Morgan fingerprint density at radius 1 is 1.33 bits per heavy atom. The van der Waals surface area contributed by atoms with E-state index < -0.39 is 0 Å². The smallest absolute Gasteiger partial charge is 0.271 e. The molecule has 0 aliphatic carbocycles. The van der Waals surface area contributed by atoms with Crippen LogP contribution >= 0.6 is 0 Å². The maximum atomic E-state index is 11.6. The minimum Gasteiger partial charge on any atom is -0.381 e. The molecule has 0 radical (unpaired) electrons. The monoisotopic (exact) mass is 244 g/mol. The number of aromatic nitrogens is 2. The predicted octanol–water partition coefficient (Wildman–Crippen LogP) is 1.91. The predicted molar refractivity (Wildman–Crippen MR) is 74.0 cm³/mol. The zero-order valence-electron chi connectivity index (χ0n) is 10.4. The van der Waals surface area contributed by atoms with E-state index in [1.54, 1.807) is 12.4 Å². The first-order valence-electron chi connectivity index (χ1n) is 5.85. The van der Waals surface area contributed by atoms with Gasteiger partial charge in [0.2, 0.25) is 0 Å². The Labute approximate surface area is 105 Å². The van der Waals surface area contributed by atoms with Gasteiger partial charge in [0.15, 0.2) is 0 Å². The fourth-order valence-electron chi connectivity index (χ4n) is 1.72. The van der Waals surface area contributed by atoms with E-state index in [-0.39, 0.29) is 5.56 Å². The molecule has 3 N–H and O–H groups in total. The van der Waals surface area contributed by atoms with Crippen molar-refractivity contribution in [2.24, 2.45) is 0 Å². The van der Waals surface area contributed by atoms with Crippen molar-refractivity contribution >= 4 is 11.5 Å². The fourth-order valence-corrected chi connectivity index (χ4v) is 1.72. The molecule has 18 heavy (non-hydrogen) atoms. The normalized spacial score (nSPS) is 10.1. The van der Waals surface area contributed by atoms with Crippen LogP contribution < -0.4 is 16.2 Å². The number of nitrogens with zero attached hydrogens (tertiary/aromatic N) is 1. The van der Waals surface area contributed by atoms with E-state index in [0.717, 1.165) is 16.9 Å². The van der Waals surface area contributed by atoms with Crippen LogP contribution in [0.4, 0.5) is 11.5 Å². The summed E-state index contributed by atoms with van der Waals surface area (Å²) in [5.74, 6) is 0.795. The maximum absolute atomic E-state index is 11.6. The quantitative estimate of drug-likeness (QED) is 0.768. The molecule has 0 aromatic carbocycles. The van der Waals surface area contributed by atoms with Crippen LogP contribution in [0.25, 0.3) is 11.1 Å². The molecule has 2 aromatic heterocycles. The first-order chi connectivity index (χ1) is 8.74. The van der Waals surface area contributed by atoms with Crippen LogP contribution in [-0.2, 0) is 0 Å². The van der Waals surface area contributed by atoms with E-state index in [1.165, 1.54) is 0 Å². The van der Waals surface area contributed by atoms with E-state index >= 15 is 0 Å². The topological polar surface area (TPSA) is 69.8 Å². The molecule has 2 heterocycles. The average Bonchev–Trinajstić information content (AvgIpc) is 2.41. The lowest BCUT2D eigenvalue weighted by Gasteiger charge is -2.07. The second kappa shape index (κ2) is 5.35. The van der Waals surface area contributed by atoms with Gasteiger partial charge in [0.1, 0.15) is 11.5 Å². The van der Waals surface area contributed by atoms with E-state index in [9.17, 15) is 4.79 Å². The van der Waals surface area contributed by atoms with Crippen molar-refractivity contribution in [1.82, 2.24) is 9.97 Å².